The number of pyridine rings is 1. The molecular weight excluding hydrogens is 222 g/mol. The highest BCUT2D eigenvalue weighted by molar-refractivity contribution is 5.65. The lowest BCUT2D eigenvalue weighted by atomic mass is 10.1. The highest BCUT2D eigenvalue weighted by atomic mass is 15.0. The Hall–Kier alpha value is -2.13. The van der Waals surface area contributed by atoms with E-state index in [1.807, 2.05) is 24.4 Å². The number of hydrogen-bond acceptors (Lipinski definition) is 2. The second-order valence-corrected chi connectivity index (χ2v) is 4.43. The Morgan fingerprint density at radius 3 is 2.78 bits per heavy atom. The number of benzene rings is 1. The van der Waals surface area contributed by atoms with Crippen molar-refractivity contribution in [2.45, 2.75) is 13.5 Å². The molecular formula is C15H15N3. The molecule has 0 spiro atoms. The Morgan fingerprint density at radius 1 is 1.17 bits per heavy atom. The van der Waals surface area contributed by atoms with Gasteiger partial charge in [0.1, 0.15) is 5.82 Å². The maximum absolute atomic E-state index is 5.69. The van der Waals surface area contributed by atoms with Crippen molar-refractivity contribution in [3.05, 3.63) is 59.9 Å². The van der Waals surface area contributed by atoms with Crippen LogP contribution < -0.4 is 5.73 Å². The molecule has 3 rings (SSSR count). The second kappa shape index (κ2) is 4.27. The van der Waals surface area contributed by atoms with Crippen LogP contribution in [-0.4, -0.2) is 9.38 Å². The lowest BCUT2D eigenvalue weighted by molar-refractivity contribution is 1.03. The van der Waals surface area contributed by atoms with Gasteiger partial charge < -0.3 is 5.73 Å². The predicted molar refractivity (Wildman–Crippen MR) is 73.3 cm³/mol. The molecule has 1 aromatic carbocycles. The van der Waals surface area contributed by atoms with E-state index in [4.69, 9.17) is 5.73 Å². The van der Waals surface area contributed by atoms with E-state index in [1.54, 1.807) is 0 Å². The Morgan fingerprint density at radius 2 is 2.00 bits per heavy atom. The van der Waals surface area contributed by atoms with Crippen LogP contribution in [0.2, 0.25) is 0 Å². The van der Waals surface area contributed by atoms with Crippen LogP contribution in [0.4, 0.5) is 0 Å². The first-order valence-electron chi connectivity index (χ1n) is 6.01. The summed E-state index contributed by atoms with van der Waals surface area (Å²) in [5.41, 5.74) is 10.3. The molecule has 3 heteroatoms. The van der Waals surface area contributed by atoms with Gasteiger partial charge in [0.2, 0.25) is 0 Å². The molecule has 3 aromatic rings. The minimum absolute atomic E-state index is 0.543. The van der Waals surface area contributed by atoms with Crippen LogP contribution in [0.5, 0.6) is 0 Å². The number of fused-ring (bicyclic) bond motifs is 1. The van der Waals surface area contributed by atoms with Crippen LogP contribution >= 0.6 is 0 Å². The van der Waals surface area contributed by atoms with Crippen LogP contribution in [0.1, 0.15) is 11.1 Å². The molecule has 2 aromatic heterocycles. The molecule has 0 radical (unpaired) electrons. The van der Waals surface area contributed by atoms with Crippen molar-refractivity contribution in [1.82, 2.24) is 9.38 Å². The maximum Gasteiger partial charge on any atom is 0.144 e. The fourth-order valence-corrected chi connectivity index (χ4v) is 2.18. The SMILES string of the molecule is Cc1ccccc1-c1ncc2ccc(CN)cn12. The Labute approximate surface area is 106 Å². The number of hydrogen-bond donors (Lipinski definition) is 1. The molecule has 90 valence electrons. The average Bonchev–Trinajstić information content (AvgIpc) is 2.82. The third kappa shape index (κ3) is 1.69. The van der Waals surface area contributed by atoms with E-state index in [-0.39, 0.29) is 0 Å². The highest BCUT2D eigenvalue weighted by Gasteiger charge is 2.08. The van der Waals surface area contributed by atoms with E-state index >= 15 is 0 Å². The van der Waals surface area contributed by atoms with Gasteiger partial charge in [-0.2, -0.15) is 0 Å². The van der Waals surface area contributed by atoms with Crippen molar-refractivity contribution in [2.24, 2.45) is 5.73 Å². The minimum Gasteiger partial charge on any atom is -0.326 e. The van der Waals surface area contributed by atoms with Gasteiger partial charge in [-0.3, -0.25) is 4.40 Å². The molecule has 0 aliphatic carbocycles. The molecule has 0 saturated carbocycles. The molecule has 18 heavy (non-hydrogen) atoms. The van der Waals surface area contributed by atoms with Gasteiger partial charge >= 0.3 is 0 Å². The molecule has 3 nitrogen and oxygen atoms in total. The number of nitrogens with two attached hydrogens (primary N) is 1. The van der Waals surface area contributed by atoms with Crippen molar-refractivity contribution >= 4 is 5.52 Å². The zero-order valence-electron chi connectivity index (χ0n) is 10.3. The smallest absolute Gasteiger partial charge is 0.144 e. The number of imidazole rings is 1. The summed E-state index contributed by atoms with van der Waals surface area (Å²) in [5.74, 6) is 0.971. The molecule has 0 atom stereocenters. The first-order chi connectivity index (χ1) is 8.79. The fourth-order valence-electron chi connectivity index (χ4n) is 2.18. The quantitative estimate of drug-likeness (QED) is 0.744. The molecule has 2 heterocycles. The van der Waals surface area contributed by atoms with E-state index in [0.29, 0.717) is 6.54 Å². The van der Waals surface area contributed by atoms with Gasteiger partial charge in [0.15, 0.2) is 0 Å². The fraction of sp³-hybridized carbons (Fsp3) is 0.133. The van der Waals surface area contributed by atoms with Gasteiger partial charge in [-0.1, -0.05) is 30.3 Å². The van der Waals surface area contributed by atoms with Crippen molar-refractivity contribution in [2.75, 3.05) is 0 Å². The van der Waals surface area contributed by atoms with Gasteiger partial charge in [0.25, 0.3) is 0 Å². The summed E-state index contributed by atoms with van der Waals surface area (Å²) in [4.78, 5) is 4.52. The van der Waals surface area contributed by atoms with E-state index in [1.165, 1.54) is 5.56 Å². The number of nitrogens with zero attached hydrogens (tertiary/aromatic N) is 2. The third-order valence-electron chi connectivity index (χ3n) is 3.21. The number of aryl methyl sites for hydroxylation is 1. The van der Waals surface area contributed by atoms with Crippen molar-refractivity contribution in [3.63, 3.8) is 0 Å². The summed E-state index contributed by atoms with van der Waals surface area (Å²) in [6.45, 7) is 2.64. The molecule has 0 saturated heterocycles. The largest absolute Gasteiger partial charge is 0.326 e. The molecule has 0 unspecified atom stereocenters. The molecule has 0 bridgehead atoms. The van der Waals surface area contributed by atoms with Crippen LogP contribution in [-0.2, 0) is 6.54 Å². The van der Waals surface area contributed by atoms with Crippen molar-refractivity contribution in [1.29, 1.82) is 0 Å². The molecule has 2 N–H and O–H groups in total. The summed E-state index contributed by atoms with van der Waals surface area (Å²) < 4.78 is 2.10. The molecule has 0 amide bonds. The van der Waals surface area contributed by atoms with Crippen molar-refractivity contribution < 1.29 is 0 Å². The van der Waals surface area contributed by atoms with E-state index < -0.39 is 0 Å². The molecule has 0 aliphatic heterocycles. The summed E-state index contributed by atoms with van der Waals surface area (Å²) >= 11 is 0. The summed E-state index contributed by atoms with van der Waals surface area (Å²) in [6.07, 6.45) is 3.95. The van der Waals surface area contributed by atoms with Crippen molar-refractivity contribution in [3.8, 4) is 11.4 Å². The average molecular weight is 237 g/mol. The first kappa shape index (κ1) is 11.0. The summed E-state index contributed by atoms with van der Waals surface area (Å²) in [6, 6.07) is 12.4. The normalized spacial score (nSPS) is 11.0. The Kier molecular flexibility index (Phi) is 2.61. The molecule has 0 fully saturated rings. The lowest BCUT2D eigenvalue weighted by Gasteiger charge is -2.06. The van der Waals surface area contributed by atoms with Gasteiger partial charge in [0.05, 0.1) is 11.7 Å². The van der Waals surface area contributed by atoms with Gasteiger partial charge in [0, 0.05) is 18.3 Å². The topological polar surface area (TPSA) is 43.3 Å². The summed E-state index contributed by atoms with van der Waals surface area (Å²) in [5, 5.41) is 0. The predicted octanol–water partition coefficient (Wildman–Crippen LogP) is 2.77. The summed E-state index contributed by atoms with van der Waals surface area (Å²) in [7, 11) is 0. The van der Waals surface area contributed by atoms with Crippen LogP contribution in [0, 0.1) is 6.92 Å². The maximum atomic E-state index is 5.69. The van der Waals surface area contributed by atoms with E-state index in [0.717, 1.165) is 22.5 Å². The monoisotopic (exact) mass is 237 g/mol. The zero-order valence-corrected chi connectivity index (χ0v) is 10.3. The van der Waals surface area contributed by atoms with Gasteiger partial charge in [-0.05, 0) is 24.1 Å². The van der Waals surface area contributed by atoms with Gasteiger partial charge in [-0.15, -0.1) is 0 Å². The molecule has 0 aliphatic rings. The number of rotatable bonds is 2. The lowest BCUT2D eigenvalue weighted by Crippen LogP contribution is -1.99. The highest BCUT2D eigenvalue weighted by Crippen LogP contribution is 2.23. The zero-order chi connectivity index (χ0) is 12.5. The van der Waals surface area contributed by atoms with E-state index in [2.05, 4.69) is 40.7 Å². The Bertz CT molecular complexity index is 698. The van der Waals surface area contributed by atoms with Crippen LogP contribution in [0.15, 0.2) is 48.8 Å². The number of aromatic nitrogens is 2. The standard InChI is InChI=1S/C15H15N3/c1-11-4-2-3-5-14(11)15-17-9-13-7-6-12(8-16)10-18(13)15/h2-7,9-10H,8,16H2,1H3. The van der Waals surface area contributed by atoms with E-state index in [9.17, 15) is 0 Å². The van der Waals surface area contributed by atoms with Crippen LogP contribution in [0.25, 0.3) is 16.9 Å². The Balaban J connectivity index is 2.26. The van der Waals surface area contributed by atoms with Gasteiger partial charge in [-0.25, -0.2) is 4.98 Å². The van der Waals surface area contributed by atoms with Crippen LogP contribution in [0.3, 0.4) is 0 Å². The third-order valence-corrected chi connectivity index (χ3v) is 3.21. The first-order valence-corrected chi connectivity index (χ1v) is 6.01. The minimum atomic E-state index is 0.543. The second-order valence-electron chi connectivity index (χ2n) is 4.43.